The normalized spacial score (nSPS) is 16.7. The van der Waals surface area contributed by atoms with Gasteiger partial charge in [-0.1, -0.05) is 0 Å². The van der Waals surface area contributed by atoms with Gasteiger partial charge in [0.1, 0.15) is 17.6 Å². The second-order valence-corrected chi connectivity index (χ2v) is 10.8. The maximum absolute atomic E-state index is 15.1. The first-order chi connectivity index (χ1) is 18.7. The molecule has 2 fully saturated rings. The summed E-state index contributed by atoms with van der Waals surface area (Å²) in [5.74, 6) is -1.08. The molecule has 2 amide bonds. The van der Waals surface area contributed by atoms with Crippen molar-refractivity contribution in [3.05, 3.63) is 64.8 Å². The molecule has 2 aliphatic rings. The van der Waals surface area contributed by atoms with Crippen LogP contribution < -0.4 is 15.4 Å². The molecule has 10 nitrogen and oxygen atoms in total. The van der Waals surface area contributed by atoms with Crippen LogP contribution in [0.2, 0.25) is 0 Å². The Hall–Kier alpha value is -3.86. The highest BCUT2D eigenvalue weighted by Gasteiger charge is 2.48. The van der Waals surface area contributed by atoms with Crippen LogP contribution in [0.25, 0.3) is 11.1 Å². The molecule has 0 bridgehead atoms. The SMILES string of the molecule is Cc1cc(-c2ccc(NC(=O)[C@@H](NC(=O)c3ccnn3[C@@H](C)CO)C(C3CC3)C3CC3)nc2F)c(C)[n+]([O-])c1. The van der Waals surface area contributed by atoms with Crippen LogP contribution in [0.1, 0.15) is 60.4 Å². The predicted octanol–water partition coefficient (Wildman–Crippen LogP) is 3.06. The Morgan fingerprint density at radius 3 is 2.49 bits per heavy atom. The van der Waals surface area contributed by atoms with Crippen molar-refractivity contribution in [3.8, 4) is 11.1 Å². The van der Waals surface area contributed by atoms with E-state index in [-0.39, 0.29) is 29.6 Å². The molecule has 5 rings (SSSR count). The van der Waals surface area contributed by atoms with Gasteiger partial charge in [-0.25, -0.2) is 4.98 Å². The molecule has 3 aromatic rings. The number of nitrogens with one attached hydrogen (secondary N) is 2. The van der Waals surface area contributed by atoms with E-state index in [4.69, 9.17) is 0 Å². The number of aryl methyl sites for hydroxylation is 1. The molecule has 2 aliphatic carbocycles. The number of pyridine rings is 2. The number of aromatic nitrogens is 4. The third kappa shape index (κ3) is 5.63. The summed E-state index contributed by atoms with van der Waals surface area (Å²) in [7, 11) is 0. The van der Waals surface area contributed by atoms with Crippen LogP contribution in [-0.2, 0) is 4.79 Å². The van der Waals surface area contributed by atoms with Crippen LogP contribution in [0, 0.1) is 42.8 Å². The van der Waals surface area contributed by atoms with Crippen molar-refractivity contribution < 1.29 is 23.8 Å². The summed E-state index contributed by atoms with van der Waals surface area (Å²) in [6.07, 6.45) is 6.89. The number of nitrogens with zero attached hydrogens (tertiary/aromatic N) is 4. The first-order valence-corrected chi connectivity index (χ1v) is 13.3. The molecule has 0 unspecified atom stereocenters. The van der Waals surface area contributed by atoms with Crippen LogP contribution in [0.4, 0.5) is 10.2 Å². The molecule has 0 spiro atoms. The first kappa shape index (κ1) is 26.7. The molecular formula is C28H33FN6O4. The molecule has 0 aromatic carbocycles. The van der Waals surface area contributed by atoms with Gasteiger partial charge in [-0.3, -0.25) is 14.3 Å². The molecule has 0 saturated heterocycles. The van der Waals surface area contributed by atoms with Gasteiger partial charge in [0.25, 0.3) is 5.91 Å². The molecule has 2 atom stereocenters. The monoisotopic (exact) mass is 536 g/mol. The van der Waals surface area contributed by atoms with Crippen molar-refractivity contribution in [3.63, 3.8) is 0 Å². The lowest BCUT2D eigenvalue weighted by Crippen LogP contribution is -2.50. The number of carbonyl (C=O) groups excluding carboxylic acids is 2. The number of amides is 2. The minimum Gasteiger partial charge on any atom is -0.618 e. The number of rotatable bonds is 10. The average Bonchev–Trinajstić information content (AvgIpc) is 3.85. The molecule has 2 saturated carbocycles. The van der Waals surface area contributed by atoms with E-state index in [1.807, 2.05) is 0 Å². The van der Waals surface area contributed by atoms with Gasteiger partial charge in [0, 0.05) is 24.2 Å². The van der Waals surface area contributed by atoms with Gasteiger partial charge in [-0.05, 0) is 81.5 Å². The zero-order chi connectivity index (χ0) is 27.8. The smallest absolute Gasteiger partial charge is 0.270 e. The Morgan fingerprint density at radius 1 is 1.18 bits per heavy atom. The molecule has 206 valence electrons. The van der Waals surface area contributed by atoms with Crippen LogP contribution in [0.15, 0.2) is 36.7 Å². The minimum absolute atomic E-state index is 0.0186. The highest BCUT2D eigenvalue weighted by molar-refractivity contribution is 6.00. The largest absolute Gasteiger partial charge is 0.618 e. The molecule has 39 heavy (non-hydrogen) atoms. The van der Waals surface area contributed by atoms with Crippen molar-refractivity contribution in [1.29, 1.82) is 0 Å². The molecule has 3 aromatic heterocycles. The molecule has 11 heteroatoms. The number of hydrogen-bond acceptors (Lipinski definition) is 6. The number of carbonyl (C=O) groups is 2. The van der Waals surface area contributed by atoms with E-state index < -0.39 is 29.8 Å². The van der Waals surface area contributed by atoms with Crippen molar-refractivity contribution in [2.45, 2.75) is 58.5 Å². The first-order valence-electron chi connectivity index (χ1n) is 13.3. The van der Waals surface area contributed by atoms with Gasteiger partial charge in [-0.15, -0.1) is 0 Å². The van der Waals surface area contributed by atoms with E-state index in [0.717, 1.165) is 25.7 Å². The van der Waals surface area contributed by atoms with Gasteiger partial charge in [0.2, 0.25) is 11.9 Å². The summed E-state index contributed by atoms with van der Waals surface area (Å²) in [5, 5.41) is 31.5. The van der Waals surface area contributed by atoms with Crippen LogP contribution >= 0.6 is 0 Å². The maximum Gasteiger partial charge on any atom is 0.270 e. The Kier molecular flexibility index (Phi) is 7.35. The molecule has 3 N–H and O–H groups in total. The molecule has 0 aliphatic heterocycles. The van der Waals surface area contributed by atoms with E-state index in [1.165, 1.54) is 29.2 Å². The summed E-state index contributed by atoms with van der Waals surface area (Å²) < 4.78 is 17.3. The van der Waals surface area contributed by atoms with E-state index in [0.29, 0.717) is 33.4 Å². The lowest BCUT2D eigenvalue weighted by Gasteiger charge is -2.27. The van der Waals surface area contributed by atoms with E-state index in [9.17, 15) is 19.9 Å². The second kappa shape index (κ2) is 10.7. The number of aliphatic hydroxyl groups excluding tert-OH is 1. The third-order valence-corrected chi connectivity index (χ3v) is 7.67. The van der Waals surface area contributed by atoms with E-state index >= 15 is 4.39 Å². The van der Waals surface area contributed by atoms with Gasteiger partial charge >= 0.3 is 0 Å². The highest BCUT2D eigenvalue weighted by Crippen LogP contribution is 2.51. The number of anilines is 1. The van der Waals surface area contributed by atoms with E-state index in [2.05, 4.69) is 20.7 Å². The van der Waals surface area contributed by atoms with Gasteiger partial charge < -0.3 is 20.9 Å². The Bertz CT molecular complexity index is 1390. The fraction of sp³-hybridized carbons (Fsp3) is 0.464. The number of hydrogen-bond donors (Lipinski definition) is 3. The molecular weight excluding hydrogens is 503 g/mol. The summed E-state index contributed by atoms with van der Waals surface area (Å²) in [6, 6.07) is 5.00. The average molecular weight is 537 g/mol. The summed E-state index contributed by atoms with van der Waals surface area (Å²) in [6.45, 7) is 4.90. The van der Waals surface area contributed by atoms with Crippen LogP contribution in [-0.4, -0.2) is 44.3 Å². The van der Waals surface area contributed by atoms with Gasteiger partial charge in [-0.2, -0.15) is 14.2 Å². The lowest BCUT2D eigenvalue weighted by molar-refractivity contribution is -0.612. The fourth-order valence-corrected chi connectivity index (χ4v) is 5.32. The van der Waals surface area contributed by atoms with Crippen molar-refractivity contribution in [2.75, 3.05) is 11.9 Å². The summed E-state index contributed by atoms with van der Waals surface area (Å²) in [4.78, 5) is 30.9. The molecule has 3 heterocycles. The van der Waals surface area contributed by atoms with Gasteiger partial charge in [0.05, 0.1) is 18.2 Å². The Labute approximate surface area is 225 Å². The lowest BCUT2D eigenvalue weighted by atomic mass is 9.88. The maximum atomic E-state index is 15.1. The quantitative estimate of drug-likeness (QED) is 0.207. The Morgan fingerprint density at radius 2 is 1.87 bits per heavy atom. The highest BCUT2D eigenvalue weighted by atomic mass is 19.1. The zero-order valence-electron chi connectivity index (χ0n) is 22.2. The number of halogens is 1. The predicted molar refractivity (Wildman–Crippen MR) is 141 cm³/mol. The minimum atomic E-state index is -0.840. The van der Waals surface area contributed by atoms with E-state index in [1.54, 1.807) is 32.9 Å². The van der Waals surface area contributed by atoms with Crippen LogP contribution in [0.5, 0.6) is 0 Å². The van der Waals surface area contributed by atoms with Crippen molar-refractivity contribution in [2.24, 2.45) is 17.8 Å². The standard InChI is InChI=1S/C28H33FN6O4/c1-15-12-21(17(3)34(39)13-15)20-8-9-23(31-26(20)29)32-28(38)25(24(18-4-5-18)19-6-7-19)33-27(37)22-10-11-30-35(22)16(2)14-36/h8-13,16,18-19,24-25,36H,4-7,14H2,1-3H3,(H,33,37)(H,31,32,38)/t16-,25-/m0/s1. The van der Waals surface area contributed by atoms with Gasteiger partial charge in [0.15, 0.2) is 11.9 Å². The van der Waals surface area contributed by atoms with Crippen LogP contribution in [0.3, 0.4) is 0 Å². The third-order valence-electron chi connectivity index (χ3n) is 7.67. The zero-order valence-corrected chi connectivity index (χ0v) is 22.2. The Balaban J connectivity index is 1.39. The second-order valence-electron chi connectivity index (χ2n) is 10.8. The van der Waals surface area contributed by atoms with Crippen molar-refractivity contribution in [1.82, 2.24) is 20.1 Å². The number of aliphatic hydroxyl groups is 1. The van der Waals surface area contributed by atoms with Crippen molar-refractivity contribution >= 4 is 17.6 Å². The topological polar surface area (TPSA) is 136 Å². The summed E-state index contributed by atoms with van der Waals surface area (Å²) in [5.41, 5.74) is 1.85. The summed E-state index contributed by atoms with van der Waals surface area (Å²) >= 11 is 0. The fourth-order valence-electron chi connectivity index (χ4n) is 5.32. The molecule has 0 radical (unpaired) electrons.